The zero-order chi connectivity index (χ0) is 11.1. The van der Waals surface area contributed by atoms with Gasteiger partial charge in [-0.2, -0.15) is 0 Å². The number of rotatable bonds is 7. The molecule has 1 heterocycles. The van der Waals surface area contributed by atoms with E-state index in [-0.39, 0.29) is 19.1 Å². The van der Waals surface area contributed by atoms with Crippen molar-refractivity contribution in [1.82, 2.24) is 10.6 Å². The molecular formula is C9H16N2O4. The number of hydrogen-bond acceptors (Lipinski definition) is 4. The Labute approximate surface area is 88.0 Å². The molecule has 1 saturated heterocycles. The third kappa shape index (κ3) is 5.34. The standard InChI is InChI=1S/C9H16N2O4/c12-8(3-7-4-10-5-7)11-1-2-15-6-9(13)14/h7,10H,1-6H2,(H,11,12)(H,13,14). The van der Waals surface area contributed by atoms with Crippen LogP contribution in [-0.2, 0) is 14.3 Å². The number of amides is 1. The van der Waals surface area contributed by atoms with Crippen LogP contribution in [0.5, 0.6) is 0 Å². The molecule has 0 bridgehead atoms. The van der Waals surface area contributed by atoms with Gasteiger partial charge in [-0.1, -0.05) is 0 Å². The van der Waals surface area contributed by atoms with Crippen molar-refractivity contribution in [2.75, 3.05) is 32.8 Å². The zero-order valence-electron chi connectivity index (χ0n) is 8.49. The Morgan fingerprint density at radius 1 is 1.47 bits per heavy atom. The fourth-order valence-corrected chi connectivity index (χ4v) is 1.25. The second-order valence-corrected chi connectivity index (χ2v) is 3.52. The molecule has 0 radical (unpaired) electrons. The van der Waals surface area contributed by atoms with Crippen molar-refractivity contribution in [3.63, 3.8) is 0 Å². The number of carbonyl (C=O) groups excluding carboxylic acids is 1. The number of carbonyl (C=O) groups is 2. The summed E-state index contributed by atoms with van der Waals surface area (Å²) < 4.78 is 4.76. The lowest BCUT2D eigenvalue weighted by Gasteiger charge is -2.26. The Balaban J connectivity index is 1.90. The molecule has 15 heavy (non-hydrogen) atoms. The number of aliphatic carboxylic acids is 1. The van der Waals surface area contributed by atoms with Crippen LogP contribution in [0.15, 0.2) is 0 Å². The maximum atomic E-state index is 11.2. The van der Waals surface area contributed by atoms with Gasteiger partial charge in [-0.15, -0.1) is 0 Å². The molecule has 0 aromatic heterocycles. The van der Waals surface area contributed by atoms with E-state index in [1.807, 2.05) is 0 Å². The molecule has 1 aliphatic rings. The second kappa shape index (κ2) is 6.36. The molecule has 0 aromatic rings. The van der Waals surface area contributed by atoms with Crippen molar-refractivity contribution in [3.8, 4) is 0 Å². The number of carboxylic acid groups (broad SMARTS) is 1. The topological polar surface area (TPSA) is 87.7 Å². The van der Waals surface area contributed by atoms with E-state index in [0.29, 0.717) is 18.9 Å². The normalized spacial score (nSPS) is 15.7. The summed E-state index contributed by atoms with van der Waals surface area (Å²) in [6, 6.07) is 0. The lowest BCUT2D eigenvalue weighted by atomic mass is 9.99. The van der Waals surface area contributed by atoms with E-state index < -0.39 is 5.97 Å². The van der Waals surface area contributed by atoms with Gasteiger partial charge in [0.05, 0.1) is 6.61 Å². The monoisotopic (exact) mass is 216 g/mol. The summed E-state index contributed by atoms with van der Waals surface area (Å²) >= 11 is 0. The Bertz CT molecular complexity index is 228. The molecule has 1 rings (SSSR count). The molecule has 86 valence electrons. The van der Waals surface area contributed by atoms with Crippen LogP contribution in [0, 0.1) is 5.92 Å². The molecule has 0 aromatic carbocycles. The van der Waals surface area contributed by atoms with Gasteiger partial charge in [0.15, 0.2) is 0 Å². The van der Waals surface area contributed by atoms with E-state index in [9.17, 15) is 9.59 Å². The minimum absolute atomic E-state index is 0.000394. The number of ether oxygens (including phenoxy) is 1. The first kappa shape index (κ1) is 11.9. The van der Waals surface area contributed by atoms with Crippen LogP contribution in [0.25, 0.3) is 0 Å². The Morgan fingerprint density at radius 3 is 2.73 bits per heavy atom. The summed E-state index contributed by atoms with van der Waals surface area (Å²) in [5.74, 6) is -0.549. The molecule has 3 N–H and O–H groups in total. The fourth-order valence-electron chi connectivity index (χ4n) is 1.25. The first-order valence-corrected chi connectivity index (χ1v) is 4.95. The van der Waals surface area contributed by atoms with Gasteiger partial charge in [0.25, 0.3) is 0 Å². The highest BCUT2D eigenvalue weighted by Gasteiger charge is 2.19. The van der Waals surface area contributed by atoms with Crippen LogP contribution >= 0.6 is 0 Å². The number of carboxylic acids is 1. The van der Waals surface area contributed by atoms with Gasteiger partial charge in [-0.3, -0.25) is 4.79 Å². The summed E-state index contributed by atoms with van der Waals surface area (Å²) in [6.07, 6.45) is 0.534. The Morgan fingerprint density at radius 2 is 2.20 bits per heavy atom. The maximum Gasteiger partial charge on any atom is 0.329 e. The van der Waals surface area contributed by atoms with E-state index in [0.717, 1.165) is 13.1 Å². The first-order chi connectivity index (χ1) is 7.18. The van der Waals surface area contributed by atoms with Crippen LogP contribution in [-0.4, -0.2) is 49.8 Å². The summed E-state index contributed by atoms with van der Waals surface area (Å²) in [4.78, 5) is 21.3. The smallest absolute Gasteiger partial charge is 0.329 e. The van der Waals surface area contributed by atoms with E-state index in [2.05, 4.69) is 10.6 Å². The second-order valence-electron chi connectivity index (χ2n) is 3.52. The van der Waals surface area contributed by atoms with Crippen LogP contribution in [0.2, 0.25) is 0 Å². The van der Waals surface area contributed by atoms with Gasteiger partial charge in [-0.25, -0.2) is 4.79 Å². The van der Waals surface area contributed by atoms with Crippen molar-refractivity contribution in [3.05, 3.63) is 0 Å². The van der Waals surface area contributed by atoms with E-state index in [1.165, 1.54) is 0 Å². The average Bonchev–Trinajstić information content (AvgIpc) is 2.10. The lowest BCUT2D eigenvalue weighted by molar-refractivity contribution is -0.142. The number of hydrogen-bond donors (Lipinski definition) is 3. The number of nitrogens with one attached hydrogen (secondary N) is 2. The molecule has 1 fully saturated rings. The van der Waals surface area contributed by atoms with Gasteiger partial charge in [0.1, 0.15) is 6.61 Å². The summed E-state index contributed by atoms with van der Waals surface area (Å²) in [7, 11) is 0. The Hall–Kier alpha value is -1.14. The van der Waals surface area contributed by atoms with Gasteiger partial charge < -0.3 is 20.5 Å². The van der Waals surface area contributed by atoms with Crippen molar-refractivity contribution in [1.29, 1.82) is 0 Å². The van der Waals surface area contributed by atoms with Crippen molar-refractivity contribution < 1.29 is 19.4 Å². The average molecular weight is 216 g/mol. The molecule has 0 atom stereocenters. The minimum Gasteiger partial charge on any atom is -0.480 e. The van der Waals surface area contributed by atoms with Crippen LogP contribution in [0.4, 0.5) is 0 Å². The van der Waals surface area contributed by atoms with Gasteiger partial charge in [-0.05, 0) is 19.0 Å². The molecule has 6 nitrogen and oxygen atoms in total. The predicted molar refractivity (Wildman–Crippen MR) is 52.4 cm³/mol. The third-order valence-electron chi connectivity index (χ3n) is 2.13. The van der Waals surface area contributed by atoms with Crippen LogP contribution in [0.3, 0.4) is 0 Å². The lowest BCUT2D eigenvalue weighted by Crippen LogP contribution is -2.44. The molecule has 0 saturated carbocycles. The van der Waals surface area contributed by atoms with Crippen LogP contribution < -0.4 is 10.6 Å². The van der Waals surface area contributed by atoms with Crippen molar-refractivity contribution in [2.24, 2.45) is 5.92 Å². The molecule has 0 aliphatic carbocycles. The summed E-state index contributed by atoms with van der Waals surface area (Å²) in [5.41, 5.74) is 0. The summed E-state index contributed by atoms with van der Waals surface area (Å²) in [6.45, 7) is 2.10. The molecule has 0 unspecified atom stereocenters. The fraction of sp³-hybridized carbons (Fsp3) is 0.778. The quantitative estimate of drug-likeness (QED) is 0.466. The van der Waals surface area contributed by atoms with E-state index >= 15 is 0 Å². The summed E-state index contributed by atoms with van der Waals surface area (Å²) in [5, 5.41) is 14.0. The molecule has 1 aliphatic heterocycles. The highest BCUT2D eigenvalue weighted by Crippen LogP contribution is 2.06. The molecule has 0 spiro atoms. The minimum atomic E-state index is -0.998. The van der Waals surface area contributed by atoms with Gasteiger partial charge in [0, 0.05) is 13.0 Å². The van der Waals surface area contributed by atoms with Crippen molar-refractivity contribution in [2.45, 2.75) is 6.42 Å². The largest absolute Gasteiger partial charge is 0.480 e. The van der Waals surface area contributed by atoms with Crippen LogP contribution in [0.1, 0.15) is 6.42 Å². The molecular weight excluding hydrogens is 200 g/mol. The Kier molecular flexibility index (Phi) is 5.06. The molecule has 1 amide bonds. The van der Waals surface area contributed by atoms with E-state index in [1.54, 1.807) is 0 Å². The van der Waals surface area contributed by atoms with Gasteiger partial charge in [0.2, 0.25) is 5.91 Å². The van der Waals surface area contributed by atoms with Gasteiger partial charge >= 0.3 is 5.97 Å². The maximum absolute atomic E-state index is 11.2. The van der Waals surface area contributed by atoms with Crippen molar-refractivity contribution >= 4 is 11.9 Å². The predicted octanol–water partition coefficient (Wildman–Crippen LogP) is -1.19. The van der Waals surface area contributed by atoms with E-state index in [4.69, 9.17) is 9.84 Å². The highest BCUT2D eigenvalue weighted by molar-refractivity contribution is 5.76. The SMILES string of the molecule is O=C(O)COCCNC(=O)CC1CNC1. The first-order valence-electron chi connectivity index (χ1n) is 4.95. The third-order valence-corrected chi connectivity index (χ3v) is 2.13. The molecule has 6 heteroatoms. The highest BCUT2D eigenvalue weighted by atomic mass is 16.5. The zero-order valence-corrected chi connectivity index (χ0v) is 8.49.